The van der Waals surface area contributed by atoms with Crippen LogP contribution in [0.25, 0.3) is 0 Å². The Balaban J connectivity index is 1.88. The summed E-state index contributed by atoms with van der Waals surface area (Å²) in [4.78, 5) is 12.2. The van der Waals surface area contributed by atoms with E-state index in [-0.39, 0.29) is 17.9 Å². The number of carbonyl (C=O) groups excluding carboxylic acids is 1. The van der Waals surface area contributed by atoms with Crippen molar-refractivity contribution < 1.29 is 19.0 Å². The molecular formula is C22H28BrNO4. The minimum Gasteiger partial charge on any atom is -0.491 e. The smallest absolute Gasteiger partial charge is 0.262 e. The van der Waals surface area contributed by atoms with Gasteiger partial charge in [-0.25, -0.2) is 0 Å². The first-order chi connectivity index (χ1) is 13.3. The Kier molecular flexibility index (Phi) is 8.33. The van der Waals surface area contributed by atoms with Gasteiger partial charge in [0, 0.05) is 22.3 Å². The predicted octanol–water partition coefficient (Wildman–Crippen LogP) is 5.18. The number of anilines is 1. The van der Waals surface area contributed by atoms with Crippen molar-refractivity contribution in [2.75, 3.05) is 31.7 Å². The Labute approximate surface area is 175 Å². The highest BCUT2D eigenvalue weighted by molar-refractivity contribution is 9.10. The Bertz CT molecular complexity index is 769. The Morgan fingerprint density at radius 2 is 1.75 bits per heavy atom. The molecule has 0 bridgehead atoms. The lowest BCUT2D eigenvalue weighted by atomic mass is 9.86. The molecule has 0 heterocycles. The fourth-order valence-corrected chi connectivity index (χ4v) is 2.91. The zero-order valence-corrected chi connectivity index (χ0v) is 18.5. The molecule has 2 aromatic rings. The number of nitrogens with one attached hydrogen (secondary N) is 1. The largest absolute Gasteiger partial charge is 0.491 e. The SMILES string of the molecule is CCOCCOc1ccc(NC(=O)COc2ccc(Br)cc2C(C)(C)C)cc1. The summed E-state index contributed by atoms with van der Waals surface area (Å²) in [5.41, 5.74) is 1.65. The second-order valence-electron chi connectivity index (χ2n) is 7.30. The van der Waals surface area contributed by atoms with Crippen molar-refractivity contribution in [3.63, 3.8) is 0 Å². The predicted molar refractivity (Wildman–Crippen MR) is 115 cm³/mol. The molecule has 6 heteroatoms. The summed E-state index contributed by atoms with van der Waals surface area (Å²) in [6, 6.07) is 13.0. The summed E-state index contributed by atoms with van der Waals surface area (Å²) >= 11 is 3.49. The number of halogens is 1. The van der Waals surface area contributed by atoms with Crippen LogP contribution in [0.15, 0.2) is 46.9 Å². The first-order valence-corrected chi connectivity index (χ1v) is 10.1. The number of benzene rings is 2. The van der Waals surface area contributed by atoms with Crippen LogP contribution in [0.2, 0.25) is 0 Å². The van der Waals surface area contributed by atoms with Crippen LogP contribution < -0.4 is 14.8 Å². The highest BCUT2D eigenvalue weighted by Gasteiger charge is 2.20. The summed E-state index contributed by atoms with van der Waals surface area (Å²) < 4.78 is 17.6. The van der Waals surface area contributed by atoms with Crippen LogP contribution >= 0.6 is 15.9 Å². The van der Waals surface area contributed by atoms with Crippen LogP contribution in [0.1, 0.15) is 33.3 Å². The van der Waals surface area contributed by atoms with Gasteiger partial charge in [-0.3, -0.25) is 4.79 Å². The van der Waals surface area contributed by atoms with Crippen molar-refractivity contribution in [2.24, 2.45) is 0 Å². The van der Waals surface area contributed by atoms with E-state index in [4.69, 9.17) is 14.2 Å². The molecule has 0 saturated heterocycles. The van der Waals surface area contributed by atoms with E-state index >= 15 is 0 Å². The van der Waals surface area contributed by atoms with Crippen LogP contribution in [0.4, 0.5) is 5.69 Å². The van der Waals surface area contributed by atoms with E-state index in [9.17, 15) is 4.79 Å². The number of hydrogen-bond donors (Lipinski definition) is 1. The number of hydrogen-bond acceptors (Lipinski definition) is 4. The van der Waals surface area contributed by atoms with Crippen LogP contribution in [0.5, 0.6) is 11.5 Å². The molecule has 2 rings (SSSR count). The summed E-state index contributed by atoms with van der Waals surface area (Å²) in [6.45, 7) is 9.95. The van der Waals surface area contributed by atoms with Crippen LogP contribution in [-0.4, -0.2) is 32.3 Å². The summed E-state index contributed by atoms with van der Waals surface area (Å²) in [7, 11) is 0. The molecule has 0 aliphatic heterocycles. The van der Waals surface area contributed by atoms with Gasteiger partial charge in [0.05, 0.1) is 6.61 Å². The normalized spacial score (nSPS) is 11.2. The van der Waals surface area contributed by atoms with Crippen LogP contribution in [0.3, 0.4) is 0 Å². The van der Waals surface area contributed by atoms with Crippen molar-refractivity contribution in [1.29, 1.82) is 0 Å². The molecule has 0 atom stereocenters. The molecular weight excluding hydrogens is 422 g/mol. The van der Waals surface area contributed by atoms with Gasteiger partial charge in [-0.1, -0.05) is 36.7 Å². The van der Waals surface area contributed by atoms with E-state index < -0.39 is 0 Å². The second kappa shape index (κ2) is 10.5. The topological polar surface area (TPSA) is 56.8 Å². The van der Waals surface area contributed by atoms with Gasteiger partial charge in [-0.2, -0.15) is 0 Å². The molecule has 2 aromatic carbocycles. The molecule has 0 aromatic heterocycles. The second-order valence-corrected chi connectivity index (χ2v) is 8.21. The van der Waals surface area contributed by atoms with Gasteiger partial charge >= 0.3 is 0 Å². The minimum atomic E-state index is -0.215. The first kappa shape index (κ1) is 22.2. The van der Waals surface area contributed by atoms with Gasteiger partial charge in [0.25, 0.3) is 5.91 Å². The molecule has 1 amide bonds. The maximum absolute atomic E-state index is 12.2. The molecule has 0 saturated carbocycles. The van der Waals surface area contributed by atoms with Crippen molar-refractivity contribution >= 4 is 27.5 Å². The monoisotopic (exact) mass is 449 g/mol. The van der Waals surface area contributed by atoms with Gasteiger partial charge in [-0.05, 0) is 54.8 Å². The van der Waals surface area contributed by atoms with Crippen LogP contribution in [-0.2, 0) is 14.9 Å². The number of rotatable bonds is 9. The van der Waals surface area contributed by atoms with E-state index in [2.05, 4.69) is 42.0 Å². The quantitative estimate of drug-likeness (QED) is 0.535. The van der Waals surface area contributed by atoms with E-state index in [0.29, 0.717) is 31.3 Å². The number of carbonyl (C=O) groups is 1. The molecule has 5 nitrogen and oxygen atoms in total. The van der Waals surface area contributed by atoms with Crippen molar-refractivity contribution in [1.82, 2.24) is 0 Å². The molecule has 28 heavy (non-hydrogen) atoms. The maximum Gasteiger partial charge on any atom is 0.262 e. The molecule has 0 spiro atoms. The molecule has 1 N–H and O–H groups in total. The number of amides is 1. The van der Waals surface area contributed by atoms with Crippen molar-refractivity contribution in [3.05, 3.63) is 52.5 Å². The molecule has 0 aliphatic carbocycles. The lowest BCUT2D eigenvalue weighted by Crippen LogP contribution is -2.22. The summed E-state index contributed by atoms with van der Waals surface area (Å²) in [5.74, 6) is 1.23. The molecule has 0 fully saturated rings. The summed E-state index contributed by atoms with van der Waals surface area (Å²) in [5, 5.41) is 2.83. The third-order valence-corrected chi connectivity index (χ3v) is 4.44. The van der Waals surface area contributed by atoms with Gasteiger partial charge < -0.3 is 19.5 Å². The van der Waals surface area contributed by atoms with E-state index in [1.165, 1.54) is 0 Å². The first-order valence-electron chi connectivity index (χ1n) is 9.33. The fourth-order valence-electron chi connectivity index (χ4n) is 2.55. The van der Waals surface area contributed by atoms with Crippen molar-refractivity contribution in [2.45, 2.75) is 33.1 Å². The van der Waals surface area contributed by atoms with E-state index in [1.807, 2.05) is 37.3 Å². The van der Waals surface area contributed by atoms with Crippen molar-refractivity contribution in [3.8, 4) is 11.5 Å². The Hall–Kier alpha value is -2.05. The Morgan fingerprint density at radius 1 is 1.04 bits per heavy atom. The van der Waals surface area contributed by atoms with E-state index in [0.717, 1.165) is 15.8 Å². The zero-order chi connectivity index (χ0) is 20.6. The lowest BCUT2D eigenvalue weighted by Gasteiger charge is -2.23. The molecule has 152 valence electrons. The third kappa shape index (κ3) is 7.17. The lowest BCUT2D eigenvalue weighted by molar-refractivity contribution is -0.118. The average Bonchev–Trinajstić information content (AvgIpc) is 2.65. The minimum absolute atomic E-state index is 0.0582. The maximum atomic E-state index is 12.2. The van der Waals surface area contributed by atoms with Crippen LogP contribution in [0, 0.1) is 0 Å². The van der Waals surface area contributed by atoms with E-state index in [1.54, 1.807) is 12.1 Å². The molecule has 0 unspecified atom stereocenters. The number of ether oxygens (including phenoxy) is 3. The third-order valence-electron chi connectivity index (χ3n) is 3.95. The molecule has 0 radical (unpaired) electrons. The summed E-state index contributed by atoms with van der Waals surface area (Å²) in [6.07, 6.45) is 0. The fraction of sp³-hybridized carbons (Fsp3) is 0.409. The van der Waals surface area contributed by atoms with Gasteiger partial charge in [-0.15, -0.1) is 0 Å². The molecule has 0 aliphatic rings. The highest BCUT2D eigenvalue weighted by atomic mass is 79.9. The van der Waals surface area contributed by atoms with Gasteiger partial charge in [0.1, 0.15) is 18.1 Å². The van der Waals surface area contributed by atoms with Gasteiger partial charge in [0.15, 0.2) is 6.61 Å². The zero-order valence-electron chi connectivity index (χ0n) is 16.9. The highest BCUT2D eigenvalue weighted by Crippen LogP contribution is 2.33. The Morgan fingerprint density at radius 3 is 2.39 bits per heavy atom. The van der Waals surface area contributed by atoms with Gasteiger partial charge in [0.2, 0.25) is 0 Å². The standard InChI is InChI=1S/C22H28BrNO4/c1-5-26-12-13-27-18-9-7-17(8-10-18)24-21(25)15-28-20-11-6-16(23)14-19(20)22(2,3)4/h6-11,14H,5,12-13,15H2,1-4H3,(H,24,25). The average molecular weight is 450 g/mol.